The third kappa shape index (κ3) is 3.50. The Morgan fingerprint density at radius 3 is 3.29 bits per heavy atom. The number of amides is 1. The van der Waals surface area contributed by atoms with Gasteiger partial charge in [-0.2, -0.15) is 0 Å². The van der Waals surface area contributed by atoms with Gasteiger partial charge in [-0.1, -0.05) is 5.92 Å². The van der Waals surface area contributed by atoms with Gasteiger partial charge in [0.2, 0.25) is 0 Å². The molecule has 4 heteroatoms. The standard InChI is InChI=1S/C10H9NO3/c1-2-7-14-10(12)11-6-5-9-4-3-8-13-9/h1,3-6,8H,7H2,(H,11,12). The number of rotatable bonds is 3. The Labute approximate surface area is 81.5 Å². The van der Waals surface area contributed by atoms with Gasteiger partial charge in [0.15, 0.2) is 6.61 Å². The monoisotopic (exact) mass is 191 g/mol. The van der Waals surface area contributed by atoms with Crippen molar-refractivity contribution in [3.8, 4) is 12.3 Å². The molecule has 0 fully saturated rings. The van der Waals surface area contributed by atoms with Crippen molar-refractivity contribution in [3.05, 3.63) is 30.4 Å². The van der Waals surface area contributed by atoms with Gasteiger partial charge in [0.1, 0.15) is 5.76 Å². The molecule has 0 unspecified atom stereocenters. The lowest BCUT2D eigenvalue weighted by molar-refractivity contribution is 0.164. The highest BCUT2D eigenvalue weighted by molar-refractivity contribution is 5.69. The van der Waals surface area contributed by atoms with E-state index in [2.05, 4.69) is 16.0 Å². The van der Waals surface area contributed by atoms with Crippen LogP contribution in [0.25, 0.3) is 6.08 Å². The van der Waals surface area contributed by atoms with Crippen LogP contribution < -0.4 is 5.32 Å². The number of nitrogens with one attached hydrogen (secondary N) is 1. The number of hydrogen-bond donors (Lipinski definition) is 1. The van der Waals surface area contributed by atoms with Crippen LogP contribution in [0.4, 0.5) is 4.79 Å². The number of carbonyl (C=O) groups is 1. The molecule has 1 N–H and O–H groups in total. The maximum Gasteiger partial charge on any atom is 0.412 e. The van der Waals surface area contributed by atoms with Crippen LogP contribution in [0.15, 0.2) is 29.0 Å². The highest BCUT2D eigenvalue weighted by Crippen LogP contribution is 2.00. The number of ether oxygens (including phenoxy) is 1. The predicted octanol–water partition coefficient (Wildman–Crippen LogP) is 1.61. The minimum Gasteiger partial charge on any atom is -0.465 e. The second-order valence-corrected chi connectivity index (χ2v) is 2.27. The highest BCUT2D eigenvalue weighted by atomic mass is 16.5. The zero-order chi connectivity index (χ0) is 10.2. The summed E-state index contributed by atoms with van der Waals surface area (Å²) in [6.45, 7) is -0.0412. The van der Waals surface area contributed by atoms with Crippen LogP contribution in [0.2, 0.25) is 0 Å². The molecular formula is C10H9NO3. The van der Waals surface area contributed by atoms with Crippen molar-refractivity contribution in [2.24, 2.45) is 0 Å². The molecule has 0 aliphatic carbocycles. The number of furan rings is 1. The van der Waals surface area contributed by atoms with Crippen LogP contribution in [0.1, 0.15) is 5.76 Å². The molecule has 1 aromatic heterocycles. The maximum atomic E-state index is 10.8. The van der Waals surface area contributed by atoms with Crippen LogP contribution in [0.5, 0.6) is 0 Å². The Morgan fingerprint density at radius 2 is 2.64 bits per heavy atom. The quantitative estimate of drug-likeness (QED) is 0.738. The van der Waals surface area contributed by atoms with E-state index < -0.39 is 6.09 Å². The van der Waals surface area contributed by atoms with E-state index in [1.54, 1.807) is 18.2 Å². The van der Waals surface area contributed by atoms with E-state index in [-0.39, 0.29) is 6.61 Å². The molecule has 1 rings (SSSR count). The number of terminal acetylenes is 1. The Balaban J connectivity index is 2.27. The predicted molar refractivity (Wildman–Crippen MR) is 51.1 cm³/mol. The van der Waals surface area contributed by atoms with Crippen LogP contribution in [0, 0.1) is 12.3 Å². The average molecular weight is 191 g/mol. The van der Waals surface area contributed by atoms with E-state index in [9.17, 15) is 4.79 Å². The summed E-state index contributed by atoms with van der Waals surface area (Å²) in [5.74, 6) is 2.82. The van der Waals surface area contributed by atoms with Gasteiger partial charge in [-0.05, 0) is 18.2 Å². The first kappa shape index (κ1) is 9.93. The van der Waals surface area contributed by atoms with E-state index >= 15 is 0 Å². The SMILES string of the molecule is C#CCOC(=O)NC=Cc1ccco1. The highest BCUT2D eigenvalue weighted by Gasteiger charge is 1.95. The molecule has 0 saturated heterocycles. The molecule has 1 heterocycles. The zero-order valence-electron chi connectivity index (χ0n) is 7.40. The van der Waals surface area contributed by atoms with Crippen molar-refractivity contribution in [1.82, 2.24) is 5.32 Å². The summed E-state index contributed by atoms with van der Waals surface area (Å²) in [6.07, 6.45) is 8.85. The van der Waals surface area contributed by atoms with Crippen molar-refractivity contribution in [3.63, 3.8) is 0 Å². The Hall–Kier alpha value is -2.15. The lowest BCUT2D eigenvalue weighted by Gasteiger charge is -1.97. The van der Waals surface area contributed by atoms with Gasteiger partial charge >= 0.3 is 6.09 Å². The van der Waals surface area contributed by atoms with E-state index in [1.165, 1.54) is 12.5 Å². The van der Waals surface area contributed by atoms with Crippen LogP contribution in [0.3, 0.4) is 0 Å². The van der Waals surface area contributed by atoms with Gasteiger partial charge in [-0.25, -0.2) is 4.79 Å². The van der Waals surface area contributed by atoms with Crippen LogP contribution in [-0.2, 0) is 4.74 Å². The molecule has 72 valence electrons. The first-order valence-corrected chi connectivity index (χ1v) is 3.90. The molecule has 0 atom stereocenters. The zero-order valence-corrected chi connectivity index (χ0v) is 7.40. The van der Waals surface area contributed by atoms with Gasteiger partial charge < -0.3 is 9.15 Å². The van der Waals surface area contributed by atoms with Crippen molar-refractivity contribution in [2.45, 2.75) is 0 Å². The molecule has 0 aliphatic rings. The topological polar surface area (TPSA) is 51.5 Å². The largest absolute Gasteiger partial charge is 0.465 e. The maximum absolute atomic E-state index is 10.8. The van der Waals surface area contributed by atoms with Crippen molar-refractivity contribution in [2.75, 3.05) is 6.61 Å². The van der Waals surface area contributed by atoms with Gasteiger partial charge in [0.25, 0.3) is 0 Å². The molecule has 0 aliphatic heterocycles. The summed E-state index contributed by atoms with van der Waals surface area (Å²) in [4.78, 5) is 10.8. The van der Waals surface area contributed by atoms with Gasteiger partial charge in [0.05, 0.1) is 6.26 Å². The third-order valence-corrected chi connectivity index (χ3v) is 1.28. The summed E-state index contributed by atoms with van der Waals surface area (Å²) in [6, 6.07) is 3.50. The molecular weight excluding hydrogens is 182 g/mol. The van der Waals surface area contributed by atoms with Crippen molar-refractivity contribution in [1.29, 1.82) is 0 Å². The lowest BCUT2D eigenvalue weighted by atomic mass is 10.4. The molecule has 0 radical (unpaired) electrons. The summed E-state index contributed by atoms with van der Waals surface area (Å²) in [5, 5.41) is 2.36. The summed E-state index contributed by atoms with van der Waals surface area (Å²) >= 11 is 0. The molecule has 0 bridgehead atoms. The molecule has 14 heavy (non-hydrogen) atoms. The lowest BCUT2D eigenvalue weighted by Crippen LogP contribution is -2.18. The molecule has 4 nitrogen and oxygen atoms in total. The number of carbonyl (C=O) groups excluding carboxylic acids is 1. The first-order chi connectivity index (χ1) is 6.83. The van der Waals surface area contributed by atoms with Crippen molar-refractivity contribution < 1.29 is 13.9 Å². The average Bonchev–Trinajstić information content (AvgIpc) is 2.67. The molecule has 1 amide bonds. The van der Waals surface area contributed by atoms with Gasteiger partial charge in [0, 0.05) is 6.20 Å². The minimum absolute atomic E-state index is 0.0412. The van der Waals surface area contributed by atoms with Crippen LogP contribution >= 0.6 is 0 Å². The third-order valence-electron chi connectivity index (χ3n) is 1.28. The summed E-state index contributed by atoms with van der Waals surface area (Å²) in [5.41, 5.74) is 0. The number of alkyl carbamates (subject to hydrolysis) is 1. The van der Waals surface area contributed by atoms with Gasteiger partial charge in [-0.3, -0.25) is 5.32 Å². The van der Waals surface area contributed by atoms with Gasteiger partial charge in [-0.15, -0.1) is 6.42 Å². The Bertz CT molecular complexity index is 346. The normalized spacial score (nSPS) is 9.64. The fourth-order valence-corrected chi connectivity index (χ4v) is 0.727. The molecule has 0 spiro atoms. The smallest absolute Gasteiger partial charge is 0.412 e. The second kappa shape index (κ2) is 5.49. The minimum atomic E-state index is -0.592. The van der Waals surface area contributed by atoms with E-state index in [4.69, 9.17) is 10.8 Å². The van der Waals surface area contributed by atoms with E-state index in [0.29, 0.717) is 5.76 Å². The Kier molecular flexibility index (Phi) is 3.89. The fraction of sp³-hybridized carbons (Fsp3) is 0.100. The Morgan fingerprint density at radius 1 is 1.79 bits per heavy atom. The van der Waals surface area contributed by atoms with E-state index in [1.807, 2.05) is 0 Å². The van der Waals surface area contributed by atoms with Crippen molar-refractivity contribution >= 4 is 12.2 Å². The summed E-state index contributed by atoms with van der Waals surface area (Å²) < 4.78 is 9.53. The number of hydrogen-bond acceptors (Lipinski definition) is 3. The van der Waals surface area contributed by atoms with E-state index in [0.717, 1.165) is 0 Å². The molecule has 1 aromatic rings. The molecule has 0 aromatic carbocycles. The molecule has 0 saturated carbocycles. The second-order valence-electron chi connectivity index (χ2n) is 2.27. The fourth-order valence-electron chi connectivity index (χ4n) is 0.727. The summed E-state index contributed by atoms with van der Waals surface area (Å²) in [7, 11) is 0. The first-order valence-electron chi connectivity index (χ1n) is 3.90. The van der Waals surface area contributed by atoms with Crippen LogP contribution in [-0.4, -0.2) is 12.7 Å².